The molecule has 0 amide bonds. The van der Waals surface area contributed by atoms with Gasteiger partial charge in [-0.1, -0.05) is 30.0 Å². The number of anilines is 1. The predicted octanol–water partition coefficient (Wildman–Crippen LogP) is 3.98. The number of methoxy groups -OCH3 is 1. The Balaban J connectivity index is 2.05. The van der Waals surface area contributed by atoms with Gasteiger partial charge in [-0.2, -0.15) is 0 Å². The number of hydrogen-bond donors (Lipinski definition) is 1. The summed E-state index contributed by atoms with van der Waals surface area (Å²) in [6.07, 6.45) is 3.58. The Morgan fingerprint density at radius 3 is 2.75 bits per heavy atom. The van der Waals surface area contributed by atoms with Crippen molar-refractivity contribution in [2.24, 2.45) is 0 Å². The minimum Gasteiger partial charge on any atom is -0.496 e. The zero-order valence-corrected chi connectivity index (χ0v) is 11.9. The fraction of sp³-hybridized carbons (Fsp3) is 0.0625. The number of nitrogens with zero attached hydrogens (tertiary/aromatic N) is 1. The Morgan fingerprint density at radius 2 is 1.90 bits per heavy atom. The van der Waals surface area contributed by atoms with Crippen LogP contribution >= 0.6 is 11.8 Å². The molecule has 2 aromatic carbocycles. The van der Waals surface area contributed by atoms with Gasteiger partial charge in [-0.3, -0.25) is 4.98 Å². The summed E-state index contributed by atoms with van der Waals surface area (Å²) in [5.41, 5.74) is 7.05. The van der Waals surface area contributed by atoms with E-state index in [0.717, 1.165) is 32.0 Å². The van der Waals surface area contributed by atoms with Crippen molar-refractivity contribution in [3.05, 3.63) is 54.9 Å². The van der Waals surface area contributed by atoms with Gasteiger partial charge in [0.05, 0.1) is 17.7 Å². The molecule has 3 nitrogen and oxygen atoms in total. The third-order valence-corrected chi connectivity index (χ3v) is 4.24. The highest BCUT2D eigenvalue weighted by Gasteiger charge is 2.09. The number of benzene rings is 2. The highest BCUT2D eigenvalue weighted by Crippen LogP contribution is 2.39. The van der Waals surface area contributed by atoms with Crippen LogP contribution in [0.25, 0.3) is 10.8 Å². The standard InChI is InChI=1S/C16H14N2OS/c1-19-13-4-2-3-5-14(13)20-15-7-6-11-10-18-9-8-12(11)16(15)17/h2-10H,17H2,1H3. The summed E-state index contributed by atoms with van der Waals surface area (Å²) >= 11 is 1.61. The number of pyridine rings is 1. The first-order valence-corrected chi connectivity index (χ1v) is 7.04. The number of aromatic nitrogens is 1. The van der Waals surface area contributed by atoms with Crippen molar-refractivity contribution in [1.82, 2.24) is 4.98 Å². The van der Waals surface area contributed by atoms with Crippen LogP contribution in [0.3, 0.4) is 0 Å². The lowest BCUT2D eigenvalue weighted by Crippen LogP contribution is -1.92. The molecule has 3 aromatic rings. The minimum atomic E-state index is 0.779. The fourth-order valence-corrected chi connectivity index (χ4v) is 3.07. The maximum Gasteiger partial charge on any atom is 0.132 e. The van der Waals surface area contributed by atoms with Crippen molar-refractivity contribution >= 4 is 28.2 Å². The van der Waals surface area contributed by atoms with Crippen molar-refractivity contribution in [1.29, 1.82) is 0 Å². The quantitative estimate of drug-likeness (QED) is 0.738. The second-order valence-corrected chi connectivity index (χ2v) is 5.41. The predicted molar refractivity (Wildman–Crippen MR) is 83.3 cm³/mol. The summed E-state index contributed by atoms with van der Waals surface area (Å²) < 4.78 is 5.37. The van der Waals surface area contributed by atoms with E-state index in [4.69, 9.17) is 10.5 Å². The molecule has 4 heteroatoms. The monoisotopic (exact) mass is 282 g/mol. The lowest BCUT2D eigenvalue weighted by atomic mass is 10.1. The van der Waals surface area contributed by atoms with E-state index in [1.54, 1.807) is 25.1 Å². The Hall–Kier alpha value is -2.20. The minimum absolute atomic E-state index is 0.779. The topological polar surface area (TPSA) is 48.1 Å². The second kappa shape index (κ2) is 5.43. The van der Waals surface area contributed by atoms with Crippen molar-refractivity contribution in [3.63, 3.8) is 0 Å². The molecule has 1 aromatic heterocycles. The van der Waals surface area contributed by atoms with Crippen molar-refractivity contribution in [2.75, 3.05) is 12.8 Å². The molecule has 0 radical (unpaired) electrons. The van der Waals surface area contributed by atoms with Gasteiger partial charge in [-0.25, -0.2) is 0 Å². The SMILES string of the molecule is COc1ccccc1Sc1ccc2cnccc2c1N. The summed E-state index contributed by atoms with van der Waals surface area (Å²) in [5.74, 6) is 0.853. The van der Waals surface area contributed by atoms with Crippen LogP contribution in [-0.2, 0) is 0 Å². The molecule has 0 saturated carbocycles. The largest absolute Gasteiger partial charge is 0.496 e. The lowest BCUT2D eigenvalue weighted by molar-refractivity contribution is 0.405. The third kappa shape index (κ3) is 2.30. The van der Waals surface area contributed by atoms with E-state index >= 15 is 0 Å². The van der Waals surface area contributed by atoms with Crippen molar-refractivity contribution in [3.8, 4) is 5.75 Å². The van der Waals surface area contributed by atoms with Crippen LogP contribution in [0.4, 0.5) is 5.69 Å². The molecule has 0 aliphatic carbocycles. The molecule has 3 rings (SSSR count). The summed E-state index contributed by atoms with van der Waals surface area (Å²) in [4.78, 5) is 6.19. The molecular formula is C16H14N2OS. The van der Waals surface area contributed by atoms with Gasteiger partial charge in [-0.15, -0.1) is 0 Å². The first kappa shape index (κ1) is 12.8. The van der Waals surface area contributed by atoms with Gasteiger partial charge >= 0.3 is 0 Å². The van der Waals surface area contributed by atoms with Crippen LogP contribution in [-0.4, -0.2) is 12.1 Å². The summed E-state index contributed by atoms with van der Waals surface area (Å²) in [6.45, 7) is 0. The zero-order valence-electron chi connectivity index (χ0n) is 11.0. The number of nitrogens with two attached hydrogens (primary N) is 1. The molecule has 0 fully saturated rings. The molecule has 100 valence electrons. The normalized spacial score (nSPS) is 10.7. The molecule has 0 bridgehead atoms. The molecule has 0 spiro atoms. The van der Waals surface area contributed by atoms with E-state index < -0.39 is 0 Å². The smallest absolute Gasteiger partial charge is 0.132 e. The van der Waals surface area contributed by atoms with E-state index in [1.807, 2.05) is 48.7 Å². The van der Waals surface area contributed by atoms with Gasteiger partial charge in [-0.05, 0) is 24.3 Å². The number of ether oxygens (including phenoxy) is 1. The molecule has 0 unspecified atom stereocenters. The Bertz CT molecular complexity index is 758. The van der Waals surface area contributed by atoms with Gasteiger partial charge in [0.15, 0.2) is 0 Å². The Kier molecular flexibility index (Phi) is 3.48. The summed E-state index contributed by atoms with van der Waals surface area (Å²) in [6, 6.07) is 13.9. The van der Waals surface area contributed by atoms with E-state index in [-0.39, 0.29) is 0 Å². The zero-order chi connectivity index (χ0) is 13.9. The van der Waals surface area contributed by atoms with E-state index in [1.165, 1.54) is 0 Å². The van der Waals surface area contributed by atoms with Gasteiger partial charge in [0.2, 0.25) is 0 Å². The summed E-state index contributed by atoms with van der Waals surface area (Å²) in [5, 5.41) is 2.08. The average molecular weight is 282 g/mol. The third-order valence-electron chi connectivity index (χ3n) is 3.11. The highest BCUT2D eigenvalue weighted by molar-refractivity contribution is 7.99. The van der Waals surface area contributed by atoms with Crippen LogP contribution in [0.2, 0.25) is 0 Å². The van der Waals surface area contributed by atoms with Crippen LogP contribution in [0.15, 0.2) is 64.6 Å². The van der Waals surface area contributed by atoms with Crippen molar-refractivity contribution < 1.29 is 4.74 Å². The molecule has 1 heterocycles. The molecule has 0 atom stereocenters. The fourth-order valence-electron chi connectivity index (χ4n) is 2.08. The Labute approximate surface area is 121 Å². The van der Waals surface area contributed by atoms with Crippen LogP contribution < -0.4 is 10.5 Å². The number of hydrogen-bond acceptors (Lipinski definition) is 4. The molecule has 20 heavy (non-hydrogen) atoms. The molecule has 0 aliphatic heterocycles. The van der Waals surface area contributed by atoms with Crippen LogP contribution in [0, 0.1) is 0 Å². The number of nitrogen functional groups attached to an aromatic ring is 1. The second-order valence-electron chi connectivity index (χ2n) is 4.33. The maximum atomic E-state index is 6.27. The van der Waals surface area contributed by atoms with Crippen LogP contribution in [0.5, 0.6) is 5.75 Å². The molecular weight excluding hydrogens is 268 g/mol. The first-order valence-electron chi connectivity index (χ1n) is 6.22. The van der Waals surface area contributed by atoms with E-state index in [2.05, 4.69) is 4.98 Å². The van der Waals surface area contributed by atoms with Crippen LogP contribution in [0.1, 0.15) is 0 Å². The molecule has 2 N–H and O–H groups in total. The maximum absolute atomic E-state index is 6.27. The summed E-state index contributed by atoms with van der Waals surface area (Å²) in [7, 11) is 1.68. The average Bonchev–Trinajstić information content (AvgIpc) is 2.51. The Morgan fingerprint density at radius 1 is 1.05 bits per heavy atom. The molecule has 0 saturated heterocycles. The molecule has 0 aliphatic rings. The number of para-hydroxylation sites is 1. The van der Waals surface area contributed by atoms with Gasteiger partial charge in [0.1, 0.15) is 5.75 Å². The highest BCUT2D eigenvalue weighted by atomic mass is 32.2. The lowest BCUT2D eigenvalue weighted by Gasteiger charge is -2.11. The van der Waals surface area contributed by atoms with Gasteiger partial charge in [0, 0.05) is 28.1 Å². The van der Waals surface area contributed by atoms with Gasteiger partial charge < -0.3 is 10.5 Å². The van der Waals surface area contributed by atoms with Crippen molar-refractivity contribution in [2.45, 2.75) is 9.79 Å². The first-order chi connectivity index (χ1) is 9.79. The van der Waals surface area contributed by atoms with Gasteiger partial charge in [0.25, 0.3) is 0 Å². The van der Waals surface area contributed by atoms with E-state index in [0.29, 0.717) is 0 Å². The van der Waals surface area contributed by atoms with E-state index in [9.17, 15) is 0 Å². The number of rotatable bonds is 3. The number of fused-ring (bicyclic) bond motifs is 1.